The van der Waals surface area contributed by atoms with Crippen molar-refractivity contribution in [2.75, 3.05) is 113 Å². The molecule has 0 aliphatic heterocycles. The Bertz CT molecular complexity index is 239. The Morgan fingerprint density at radius 2 is 0.593 bits per heavy atom. The van der Waals surface area contributed by atoms with Crippen LogP contribution in [0.3, 0.4) is 0 Å². The molecule has 0 atom stereocenters. The molecule has 0 spiro atoms. The van der Waals surface area contributed by atoms with E-state index < -0.39 is 0 Å². The maximum absolute atomic E-state index is 5.39. The second-order valence-corrected chi connectivity index (χ2v) is 5.15. The van der Waals surface area contributed by atoms with Crippen LogP contribution in [0.4, 0.5) is 0 Å². The molecule has 10 heteroatoms. The van der Waals surface area contributed by atoms with Gasteiger partial charge in [0.2, 0.25) is 0 Å². The summed E-state index contributed by atoms with van der Waals surface area (Å²) in [7, 11) is 1.64. The second-order valence-electron chi connectivity index (χ2n) is 5.15. The largest absolute Gasteiger partial charge is 0.382 e. The molecule has 0 aromatic heterocycles. The molecule has 0 amide bonds. The van der Waals surface area contributed by atoms with E-state index in [1.165, 1.54) is 0 Å². The number of methoxy groups -OCH3 is 1. The minimum absolute atomic E-state index is 0.382. The lowest BCUT2D eigenvalue weighted by molar-refractivity contribution is -0.0243. The van der Waals surface area contributed by atoms with Crippen LogP contribution in [-0.4, -0.2) is 113 Å². The average Bonchev–Trinajstić information content (AvgIpc) is 2.68. The summed E-state index contributed by atoms with van der Waals surface area (Å²) >= 11 is 0. The molecule has 0 radical (unpaired) electrons. The minimum Gasteiger partial charge on any atom is -0.382 e. The highest BCUT2D eigenvalue weighted by molar-refractivity contribution is 4.37. The third kappa shape index (κ3) is 25.6. The van der Waals surface area contributed by atoms with E-state index in [1.807, 2.05) is 0 Å². The fourth-order valence-electron chi connectivity index (χ4n) is 1.67. The van der Waals surface area contributed by atoms with Gasteiger partial charge in [-0.15, -0.1) is 0 Å². The molecule has 0 unspecified atom stereocenters. The highest BCUT2D eigenvalue weighted by Gasteiger charge is 1.94. The van der Waals surface area contributed by atoms with Crippen molar-refractivity contribution in [3.05, 3.63) is 0 Å². The Morgan fingerprint density at radius 3 is 0.815 bits per heavy atom. The second kappa shape index (κ2) is 25.6. The first-order valence-electron chi connectivity index (χ1n) is 9.26. The molecule has 2 N–H and O–H groups in total. The van der Waals surface area contributed by atoms with E-state index in [1.54, 1.807) is 7.11 Å². The molecule has 0 bridgehead atoms. The lowest BCUT2D eigenvalue weighted by Gasteiger charge is -2.08. The van der Waals surface area contributed by atoms with Crippen molar-refractivity contribution >= 4 is 0 Å². The van der Waals surface area contributed by atoms with Crippen molar-refractivity contribution in [3.63, 3.8) is 0 Å². The molecular formula is C17H37NO9. The maximum Gasteiger partial charge on any atom is 0.0913 e. The normalized spacial score (nSPS) is 11.3. The third-order valence-corrected chi connectivity index (χ3v) is 3.01. The summed E-state index contributed by atoms with van der Waals surface area (Å²) in [6.45, 7) is 8.45. The van der Waals surface area contributed by atoms with Crippen molar-refractivity contribution in [1.82, 2.24) is 0 Å². The molecule has 0 aliphatic rings. The first kappa shape index (κ1) is 26.6. The van der Waals surface area contributed by atoms with Gasteiger partial charge in [-0.25, -0.2) is 5.90 Å². The van der Waals surface area contributed by atoms with Crippen molar-refractivity contribution in [1.29, 1.82) is 0 Å². The van der Waals surface area contributed by atoms with Crippen LogP contribution in [0.25, 0.3) is 0 Å². The van der Waals surface area contributed by atoms with Gasteiger partial charge in [-0.2, -0.15) is 0 Å². The van der Waals surface area contributed by atoms with Gasteiger partial charge in [-0.05, 0) is 0 Å². The zero-order valence-electron chi connectivity index (χ0n) is 16.6. The van der Waals surface area contributed by atoms with Crippen molar-refractivity contribution < 1.29 is 42.7 Å². The molecule has 0 saturated heterocycles. The van der Waals surface area contributed by atoms with Crippen molar-refractivity contribution in [3.8, 4) is 0 Å². The van der Waals surface area contributed by atoms with Crippen LogP contribution in [0.5, 0.6) is 0 Å². The zero-order chi connectivity index (χ0) is 19.7. The first-order chi connectivity index (χ1) is 13.4. The molecule has 164 valence electrons. The van der Waals surface area contributed by atoms with Gasteiger partial charge in [-0.3, -0.25) is 0 Å². The standard InChI is InChI=1S/C17H37NO9/c1-19-2-3-20-4-5-21-6-7-22-8-9-23-10-11-24-12-13-25-14-15-26-16-17-27-18/h2-18H2,1H3. The van der Waals surface area contributed by atoms with Crippen LogP contribution in [0.2, 0.25) is 0 Å². The van der Waals surface area contributed by atoms with Gasteiger partial charge in [-0.1, -0.05) is 0 Å². The Kier molecular flexibility index (Phi) is 25.2. The van der Waals surface area contributed by atoms with Gasteiger partial charge in [0.05, 0.1) is 106 Å². The molecule has 0 aliphatic carbocycles. The number of hydrogen-bond acceptors (Lipinski definition) is 10. The van der Waals surface area contributed by atoms with E-state index in [-0.39, 0.29) is 0 Å². The highest BCUT2D eigenvalue weighted by atomic mass is 16.6. The van der Waals surface area contributed by atoms with E-state index in [0.717, 1.165) is 0 Å². The summed E-state index contributed by atoms with van der Waals surface area (Å²) in [5, 5.41) is 0. The Morgan fingerprint density at radius 1 is 0.370 bits per heavy atom. The summed E-state index contributed by atoms with van der Waals surface area (Å²) in [5.74, 6) is 4.86. The monoisotopic (exact) mass is 399 g/mol. The molecule has 0 aromatic carbocycles. The molecule has 0 heterocycles. The molecule has 0 aromatic rings. The molecule has 0 rings (SSSR count). The van der Waals surface area contributed by atoms with Crippen LogP contribution < -0.4 is 5.90 Å². The van der Waals surface area contributed by atoms with E-state index >= 15 is 0 Å². The average molecular weight is 399 g/mol. The summed E-state index contributed by atoms with van der Waals surface area (Å²) < 4.78 is 42.2. The van der Waals surface area contributed by atoms with Gasteiger partial charge in [0, 0.05) is 7.11 Å². The topological polar surface area (TPSA) is 109 Å². The summed E-state index contributed by atoms with van der Waals surface area (Å²) in [5.41, 5.74) is 0. The Labute approximate surface area is 162 Å². The number of rotatable bonds is 24. The van der Waals surface area contributed by atoms with Crippen molar-refractivity contribution in [2.24, 2.45) is 5.90 Å². The van der Waals surface area contributed by atoms with E-state index in [9.17, 15) is 0 Å². The molecule has 27 heavy (non-hydrogen) atoms. The predicted molar refractivity (Wildman–Crippen MR) is 97.7 cm³/mol. The van der Waals surface area contributed by atoms with E-state index in [0.29, 0.717) is 106 Å². The smallest absolute Gasteiger partial charge is 0.0913 e. The highest BCUT2D eigenvalue weighted by Crippen LogP contribution is 1.85. The zero-order valence-corrected chi connectivity index (χ0v) is 16.6. The van der Waals surface area contributed by atoms with Gasteiger partial charge in [0.15, 0.2) is 0 Å². The van der Waals surface area contributed by atoms with Gasteiger partial charge in [0.1, 0.15) is 0 Å². The van der Waals surface area contributed by atoms with Gasteiger partial charge >= 0.3 is 0 Å². The summed E-state index contributed by atoms with van der Waals surface area (Å²) in [6.07, 6.45) is 0. The fraction of sp³-hybridized carbons (Fsp3) is 1.00. The van der Waals surface area contributed by atoms with Crippen LogP contribution in [0.1, 0.15) is 0 Å². The van der Waals surface area contributed by atoms with Crippen LogP contribution in [0, 0.1) is 0 Å². The summed E-state index contributed by atoms with van der Waals surface area (Å²) in [6, 6.07) is 0. The lowest BCUT2D eigenvalue weighted by Crippen LogP contribution is -2.15. The molecule has 0 fully saturated rings. The quantitative estimate of drug-likeness (QED) is 0.171. The summed E-state index contributed by atoms with van der Waals surface area (Å²) in [4.78, 5) is 4.37. The Hall–Kier alpha value is -0.400. The number of ether oxygens (including phenoxy) is 8. The minimum atomic E-state index is 0.382. The molecular weight excluding hydrogens is 362 g/mol. The Balaban J connectivity index is 2.95. The predicted octanol–water partition coefficient (Wildman–Crippen LogP) is -0.361. The lowest BCUT2D eigenvalue weighted by atomic mass is 10.6. The molecule has 10 nitrogen and oxygen atoms in total. The first-order valence-corrected chi connectivity index (χ1v) is 9.26. The van der Waals surface area contributed by atoms with Crippen LogP contribution in [0.15, 0.2) is 0 Å². The van der Waals surface area contributed by atoms with E-state index in [4.69, 9.17) is 43.8 Å². The van der Waals surface area contributed by atoms with Crippen LogP contribution >= 0.6 is 0 Å². The SMILES string of the molecule is COCCOCCOCCOCCOCCOCCOCCOCCON. The van der Waals surface area contributed by atoms with Crippen molar-refractivity contribution in [2.45, 2.75) is 0 Å². The fourth-order valence-corrected chi connectivity index (χ4v) is 1.67. The van der Waals surface area contributed by atoms with Gasteiger partial charge in [0.25, 0.3) is 0 Å². The number of nitrogens with two attached hydrogens (primary N) is 1. The van der Waals surface area contributed by atoms with Crippen LogP contribution in [-0.2, 0) is 42.7 Å². The van der Waals surface area contributed by atoms with Gasteiger partial charge < -0.3 is 42.7 Å². The third-order valence-electron chi connectivity index (χ3n) is 3.01. The van der Waals surface area contributed by atoms with E-state index in [2.05, 4.69) is 4.84 Å². The molecule has 0 saturated carbocycles. The maximum atomic E-state index is 5.39. The number of hydrogen-bond donors (Lipinski definition) is 1.